The summed E-state index contributed by atoms with van der Waals surface area (Å²) >= 11 is 0. The molecule has 1 aromatic carbocycles. The number of aryl methyl sites for hydroxylation is 2. The molecule has 23 heavy (non-hydrogen) atoms. The molecule has 0 aliphatic heterocycles. The van der Waals surface area contributed by atoms with Gasteiger partial charge in [0.15, 0.2) is 0 Å². The Morgan fingerprint density at radius 1 is 1.09 bits per heavy atom. The Kier molecular flexibility index (Phi) is 7.76. The van der Waals surface area contributed by atoms with Crippen molar-refractivity contribution in [1.82, 2.24) is 5.32 Å². The molecule has 0 saturated heterocycles. The third-order valence-corrected chi connectivity index (χ3v) is 3.28. The van der Waals surface area contributed by atoms with Crippen LogP contribution in [0.4, 0.5) is 5.69 Å². The maximum absolute atomic E-state index is 11.6. The van der Waals surface area contributed by atoms with Gasteiger partial charge in [-0.05, 0) is 55.5 Å². The summed E-state index contributed by atoms with van der Waals surface area (Å²) in [5, 5.41) is 20.8. The highest BCUT2D eigenvalue weighted by Gasteiger charge is 2.11. The molecule has 2 rings (SSSR count). The van der Waals surface area contributed by atoms with Crippen LogP contribution in [0.2, 0.25) is 0 Å². The predicted octanol–water partition coefficient (Wildman–Crippen LogP) is 1.27. The molecule has 0 unspecified atom stereocenters. The van der Waals surface area contributed by atoms with Gasteiger partial charge in [0.1, 0.15) is 0 Å². The van der Waals surface area contributed by atoms with E-state index in [0.717, 1.165) is 25.1 Å². The SMILES string of the molecule is CCCNCC(=O)Nc1ccc2c(c1)CCC2.O=C(O)C(=O)O. The molecule has 0 radical (unpaired) electrons. The van der Waals surface area contributed by atoms with Crippen molar-refractivity contribution in [2.45, 2.75) is 32.6 Å². The normalized spacial score (nSPS) is 11.9. The van der Waals surface area contributed by atoms with E-state index in [9.17, 15) is 4.79 Å². The first-order valence-electron chi connectivity index (χ1n) is 7.52. The van der Waals surface area contributed by atoms with Crippen molar-refractivity contribution in [3.05, 3.63) is 29.3 Å². The van der Waals surface area contributed by atoms with Crippen molar-refractivity contribution in [2.24, 2.45) is 0 Å². The molecular formula is C16H22N2O5. The van der Waals surface area contributed by atoms with Gasteiger partial charge < -0.3 is 20.8 Å². The summed E-state index contributed by atoms with van der Waals surface area (Å²) in [4.78, 5) is 29.8. The number of hydrogen-bond donors (Lipinski definition) is 4. The monoisotopic (exact) mass is 322 g/mol. The molecule has 126 valence electrons. The highest BCUT2D eigenvalue weighted by molar-refractivity contribution is 6.27. The van der Waals surface area contributed by atoms with Crippen LogP contribution in [0, 0.1) is 0 Å². The number of amides is 1. The molecule has 1 aromatic rings. The summed E-state index contributed by atoms with van der Waals surface area (Å²) in [7, 11) is 0. The van der Waals surface area contributed by atoms with Crippen LogP contribution in [-0.2, 0) is 27.2 Å². The molecule has 7 nitrogen and oxygen atoms in total. The van der Waals surface area contributed by atoms with Gasteiger partial charge in [0.25, 0.3) is 0 Å². The smallest absolute Gasteiger partial charge is 0.414 e. The van der Waals surface area contributed by atoms with E-state index in [0.29, 0.717) is 6.54 Å². The second kappa shape index (κ2) is 9.58. The molecule has 7 heteroatoms. The van der Waals surface area contributed by atoms with E-state index < -0.39 is 11.9 Å². The quantitative estimate of drug-likeness (QED) is 0.479. The number of carbonyl (C=O) groups is 3. The second-order valence-corrected chi connectivity index (χ2v) is 5.17. The lowest BCUT2D eigenvalue weighted by atomic mass is 10.1. The summed E-state index contributed by atoms with van der Waals surface area (Å²) in [6.45, 7) is 3.37. The highest BCUT2D eigenvalue weighted by atomic mass is 16.4. The predicted molar refractivity (Wildman–Crippen MR) is 85.5 cm³/mol. The Bertz CT molecular complexity index is 560. The molecule has 0 saturated carbocycles. The lowest BCUT2D eigenvalue weighted by Crippen LogP contribution is -2.28. The van der Waals surface area contributed by atoms with Crippen molar-refractivity contribution >= 4 is 23.5 Å². The van der Waals surface area contributed by atoms with E-state index in [1.54, 1.807) is 0 Å². The third kappa shape index (κ3) is 6.92. The van der Waals surface area contributed by atoms with Gasteiger partial charge in [-0.3, -0.25) is 4.79 Å². The number of anilines is 1. The van der Waals surface area contributed by atoms with Crippen LogP contribution >= 0.6 is 0 Å². The highest BCUT2D eigenvalue weighted by Crippen LogP contribution is 2.24. The maximum atomic E-state index is 11.6. The van der Waals surface area contributed by atoms with E-state index in [1.807, 2.05) is 6.07 Å². The van der Waals surface area contributed by atoms with E-state index in [1.165, 1.54) is 24.0 Å². The standard InChI is InChI=1S/C14H20N2O.C2H2O4/c1-2-8-15-10-14(17)16-13-7-6-11-4-3-5-12(11)9-13;3-1(4)2(5)6/h6-7,9,15H,2-5,8,10H2,1H3,(H,16,17);(H,3,4)(H,5,6). The first-order valence-corrected chi connectivity index (χ1v) is 7.52. The summed E-state index contributed by atoms with van der Waals surface area (Å²) in [5.41, 5.74) is 3.75. The topological polar surface area (TPSA) is 116 Å². The summed E-state index contributed by atoms with van der Waals surface area (Å²) < 4.78 is 0. The molecule has 4 N–H and O–H groups in total. The van der Waals surface area contributed by atoms with Gasteiger partial charge in [-0.1, -0.05) is 13.0 Å². The van der Waals surface area contributed by atoms with Gasteiger partial charge in [0.2, 0.25) is 5.91 Å². The van der Waals surface area contributed by atoms with Crippen LogP contribution in [0.3, 0.4) is 0 Å². The number of rotatable bonds is 5. The zero-order chi connectivity index (χ0) is 17.2. The first-order chi connectivity index (χ1) is 10.9. The Balaban J connectivity index is 0.000000379. The van der Waals surface area contributed by atoms with Gasteiger partial charge in [0.05, 0.1) is 6.54 Å². The van der Waals surface area contributed by atoms with Crippen LogP contribution in [0.15, 0.2) is 18.2 Å². The van der Waals surface area contributed by atoms with Crippen LogP contribution < -0.4 is 10.6 Å². The van der Waals surface area contributed by atoms with E-state index in [2.05, 4.69) is 29.7 Å². The fourth-order valence-corrected chi connectivity index (χ4v) is 2.23. The lowest BCUT2D eigenvalue weighted by molar-refractivity contribution is -0.159. The van der Waals surface area contributed by atoms with Crippen LogP contribution in [0.5, 0.6) is 0 Å². The Morgan fingerprint density at radius 3 is 2.35 bits per heavy atom. The van der Waals surface area contributed by atoms with E-state index in [4.69, 9.17) is 19.8 Å². The van der Waals surface area contributed by atoms with Crippen molar-refractivity contribution in [2.75, 3.05) is 18.4 Å². The number of fused-ring (bicyclic) bond motifs is 1. The maximum Gasteiger partial charge on any atom is 0.414 e. The third-order valence-electron chi connectivity index (χ3n) is 3.28. The second-order valence-electron chi connectivity index (χ2n) is 5.17. The molecule has 0 heterocycles. The number of hydrogen-bond acceptors (Lipinski definition) is 4. The lowest BCUT2D eigenvalue weighted by Gasteiger charge is -2.08. The molecule has 1 amide bonds. The van der Waals surface area contributed by atoms with Gasteiger partial charge in [-0.2, -0.15) is 0 Å². The largest absolute Gasteiger partial charge is 0.473 e. The summed E-state index contributed by atoms with van der Waals surface area (Å²) in [6.07, 6.45) is 4.62. The fourth-order valence-electron chi connectivity index (χ4n) is 2.23. The average Bonchev–Trinajstić information content (AvgIpc) is 2.95. The van der Waals surface area contributed by atoms with Crippen molar-refractivity contribution in [1.29, 1.82) is 0 Å². The van der Waals surface area contributed by atoms with E-state index in [-0.39, 0.29) is 5.91 Å². The van der Waals surface area contributed by atoms with Crippen LogP contribution in [0.1, 0.15) is 30.9 Å². The van der Waals surface area contributed by atoms with Crippen molar-refractivity contribution < 1.29 is 24.6 Å². The summed E-state index contributed by atoms with van der Waals surface area (Å²) in [6, 6.07) is 6.25. The summed E-state index contributed by atoms with van der Waals surface area (Å²) in [5.74, 6) is -3.61. The molecule has 1 aliphatic rings. The average molecular weight is 322 g/mol. The van der Waals surface area contributed by atoms with Crippen molar-refractivity contribution in [3.63, 3.8) is 0 Å². The zero-order valence-corrected chi connectivity index (χ0v) is 13.1. The number of benzene rings is 1. The molecular weight excluding hydrogens is 300 g/mol. The minimum Gasteiger partial charge on any atom is -0.473 e. The Morgan fingerprint density at radius 2 is 1.74 bits per heavy atom. The number of nitrogens with one attached hydrogen (secondary N) is 2. The Hall–Kier alpha value is -2.41. The molecule has 0 fully saturated rings. The number of carboxylic acids is 2. The number of carboxylic acid groups (broad SMARTS) is 2. The molecule has 0 atom stereocenters. The molecule has 0 bridgehead atoms. The van der Waals surface area contributed by atoms with Crippen LogP contribution in [0.25, 0.3) is 0 Å². The van der Waals surface area contributed by atoms with E-state index >= 15 is 0 Å². The zero-order valence-electron chi connectivity index (χ0n) is 13.1. The molecule has 1 aliphatic carbocycles. The Labute approximate surface area is 134 Å². The van der Waals surface area contributed by atoms with Gasteiger partial charge in [0, 0.05) is 5.69 Å². The fraction of sp³-hybridized carbons (Fsp3) is 0.438. The molecule has 0 aromatic heterocycles. The number of carbonyl (C=O) groups excluding carboxylic acids is 1. The van der Waals surface area contributed by atoms with Gasteiger partial charge in [-0.15, -0.1) is 0 Å². The first kappa shape index (κ1) is 18.6. The number of aliphatic carboxylic acids is 2. The minimum absolute atomic E-state index is 0.0383. The van der Waals surface area contributed by atoms with Crippen LogP contribution in [-0.4, -0.2) is 41.1 Å². The van der Waals surface area contributed by atoms with Gasteiger partial charge in [-0.25, -0.2) is 9.59 Å². The molecule has 0 spiro atoms. The minimum atomic E-state index is -1.82. The van der Waals surface area contributed by atoms with Gasteiger partial charge >= 0.3 is 11.9 Å². The van der Waals surface area contributed by atoms with Crippen molar-refractivity contribution in [3.8, 4) is 0 Å².